The fourth-order valence-corrected chi connectivity index (χ4v) is 5.11. The van der Waals surface area contributed by atoms with E-state index in [0.29, 0.717) is 11.8 Å². The molecule has 0 fully saturated rings. The molecule has 5 heteroatoms. The van der Waals surface area contributed by atoms with Crippen molar-refractivity contribution in [1.82, 2.24) is 0 Å². The van der Waals surface area contributed by atoms with Crippen molar-refractivity contribution in [3.05, 3.63) is 106 Å². The van der Waals surface area contributed by atoms with Gasteiger partial charge in [-0.2, -0.15) is 0 Å². The van der Waals surface area contributed by atoms with E-state index in [2.05, 4.69) is 143 Å². The second-order valence-corrected chi connectivity index (χ2v) is 15.1. The van der Waals surface area contributed by atoms with Crippen LogP contribution >= 0.6 is 28.5 Å². The number of benzene rings is 4. The second kappa shape index (κ2) is 12.2. The van der Waals surface area contributed by atoms with Gasteiger partial charge in [-0.05, 0) is 65.5 Å². The molecule has 0 saturated heterocycles. The molecule has 37 heavy (non-hydrogen) atoms. The SMILES string of the molecule is Cc1cc(C)cc(N=C2C(=Nc3c(C(C)C)cccc3C(C)C)c3cccc4cccc2c34)c1.[Br][Ni][Br]. The van der Waals surface area contributed by atoms with E-state index in [1.807, 2.05) is 0 Å². The molecule has 5 rings (SSSR count). The summed E-state index contributed by atoms with van der Waals surface area (Å²) >= 11 is 6.00. The Labute approximate surface area is 241 Å². The van der Waals surface area contributed by atoms with Gasteiger partial charge in [0.1, 0.15) is 0 Å². The molecule has 0 aliphatic heterocycles. The van der Waals surface area contributed by atoms with E-state index < -0.39 is 0 Å². The van der Waals surface area contributed by atoms with Crippen LogP contribution in [0.4, 0.5) is 11.4 Å². The molecule has 0 bridgehead atoms. The van der Waals surface area contributed by atoms with Crippen LogP contribution in [0.3, 0.4) is 0 Å². The number of hydrogen-bond donors (Lipinski definition) is 0. The topological polar surface area (TPSA) is 24.7 Å². The van der Waals surface area contributed by atoms with Crippen LogP contribution in [-0.2, 0) is 10.9 Å². The van der Waals surface area contributed by atoms with Gasteiger partial charge in [-0.1, -0.05) is 88.4 Å². The zero-order valence-corrected chi connectivity index (χ0v) is 26.2. The first-order chi connectivity index (χ1) is 17.7. The average Bonchev–Trinajstić information content (AvgIpc) is 3.13. The van der Waals surface area contributed by atoms with Gasteiger partial charge < -0.3 is 0 Å². The number of hydrogen-bond acceptors (Lipinski definition) is 2. The number of aryl methyl sites for hydroxylation is 2. The molecule has 0 spiro atoms. The molecule has 1 aliphatic rings. The normalized spacial score (nSPS) is 14.8. The molecular weight excluding hydrogens is 631 g/mol. The maximum absolute atomic E-state index is 5.45. The molecule has 0 radical (unpaired) electrons. The Morgan fingerprint density at radius 2 is 1.11 bits per heavy atom. The predicted molar refractivity (Wildman–Crippen MR) is 165 cm³/mol. The molecule has 0 amide bonds. The minimum absolute atomic E-state index is 0.387. The standard InChI is InChI=1S/C32H32N2.2BrH.Ni/c1-19(2)25-12-9-13-26(20(3)4)30(25)34-32-28-15-8-11-23-10-7-14-27(29(23)28)31(32)33-24-17-21(5)16-22(6)18-24;;;/h7-20H,1-6H3;2*1H;/q;;;+2/p-2. The van der Waals surface area contributed by atoms with Crippen molar-refractivity contribution in [1.29, 1.82) is 0 Å². The van der Waals surface area contributed by atoms with Gasteiger partial charge in [0.2, 0.25) is 0 Å². The third-order valence-electron chi connectivity index (χ3n) is 6.65. The van der Waals surface area contributed by atoms with E-state index >= 15 is 0 Å². The minimum atomic E-state index is 0.387. The van der Waals surface area contributed by atoms with Crippen molar-refractivity contribution >= 4 is 62.0 Å². The zero-order valence-electron chi connectivity index (χ0n) is 22.0. The van der Waals surface area contributed by atoms with E-state index in [9.17, 15) is 0 Å². The van der Waals surface area contributed by atoms with Crippen LogP contribution in [0.15, 0.2) is 82.8 Å². The van der Waals surface area contributed by atoms with Gasteiger partial charge in [-0.15, -0.1) is 0 Å². The van der Waals surface area contributed by atoms with Gasteiger partial charge in [0.05, 0.1) is 22.8 Å². The molecule has 1 aliphatic carbocycles. The van der Waals surface area contributed by atoms with Crippen molar-refractivity contribution in [3.8, 4) is 0 Å². The summed E-state index contributed by atoms with van der Waals surface area (Å²) in [5, 5.41) is 2.48. The third kappa shape index (κ3) is 6.00. The molecule has 0 N–H and O–H groups in total. The summed E-state index contributed by atoms with van der Waals surface area (Å²) in [7, 11) is 1.25. The number of para-hydroxylation sites is 1. The fourth-order valence-electron chi connectivity index (χ4n) is 5.11. The van der Waals surface area contributed by atoms with Crippen molar-refractivity contribution in [2.75, 3.05) is 0 Å². The van der Waals surface area contributed by atoms with Crippen molar-refractivity contribution in [2.24, 2.45) is 9.98 Å². The fraction of sp³-hybridized carbons (Fsp3) is 0.250. The number of halogens is 2. The van der Waals surface area contributed by atoms with Crippen LogP contribution in [0.5, 0.6) is 0 Å². The van der Waals surface area contributed by atoms with Crippen molar-refractivity contribution in [3.63, 3.8) is 0 Å². The van der Waals surface area contributed by atoms with Crippen LogP contribution in [-0.4, -0.2) is 11.4 Å². The Morgan fingerprint density at radius 1 is 0.649 bits per heavy atom. The van der Waals surface area contributed by atoms with Crippen molar-refractivity contribution < 1.29 is 10.9 Å². The quantitative estimate of drug-likeness (QED) is 0.194. The molecule has 0 atom stereocenters. The van der Waals surface area contributed by atoms with Gasteiger partial charge in [0, 0.05) is 16.5 Å². The van der Waals surface area contributed by atoms with E-state index in [4.69, 9.17) is 9.98 Å². The van der Waals surface area contributed by atoms with E-state index in [-0.39, 0.29) is 0 Å². The van der Waals surface area contributed by atoms with Crippen LogP contribution in [0.25, 0.3) is 10.8 Å². The van der Waals surface area contributed by atoms with Crippen LogP contribution < -0.4 is 0 Å². The monoisotopic (exact) mass is 660 g/mol. The Morgan fingerprint density at radius 3 is 1.59 bits per heavy atom. The Hall–Kier alpha value is -2.07. The number of rotatable bonds is 4. The summed E-state index contributed by atoms with van der Waals surface area (Å²) in [6.45, 7) is 13.2. The Balaban J connectivity index is 0.00000102. The molecule has 4 aromatic carbocycles. The van der Waals surface area contributed by atoms with Gasteiger partial charge in [0.25, 0.3) is 0 Å². The summed E-state index contributed by atoms with van der Waals surface area (Å²) < 4.78 is 0. The predicted octanol–water partition coefficient (Wildman–Crippen LogP) is 10.6. The molecule has 0 aromatic heterocycles. The Kier molecular flexibility index (Phi) is 9.21. The first-order valence-electron chi connectivity index (χ1n) is 12.5. The number of aliphatic imine (C=N–C) groups is 2. The molecule has 4 aromatic rings. The Bertz CT molecular complexity index is 1450. The third-order valence-corrected chi connectivity index (χ3v) is 6.65. The maximum atomic E-state index is 5.45. The zero-order chi connectivity index (χ0) is 26.7. The summed E-state index contributed by atoms with van der Waals surface area (Å²) in [4.78, 5) is 10.7. The van der Waals surface area contributed by atoms with Gasteiger partial charge in [-0.3, -0.25) is 0 Å². The summed E-state index contributed by atoms with van der Waals surface area (Å²) in [6, 6.07) is 26.1. The molecule has 0 unspecified atom stereocenters. The van der Waals surface area contributed by atoms with Crippen LogP contribution in [0.2, 0.25) is 0 Å². The van der Waals surface area contributed by atoms with Gasteiger partial charge >= 0.3 is 39.3 Å². The molecule has 0 saturated carbocycles. The molecule has 194 valence electrons. The summed E-state index contributed by atoms with van der Waals surface area (Å²) in [5.41, 5.74) is 11.4. The molecular formula is C32H32Br2N2Ni. The van der Waals surface area contributed by atoms with Crippen molar-refractivity contribution in [2.45, 2.75) is 53.4 Å². The van der Waals surface area contributed by atoms with Crippen LogP contribution in [0.1, 0.15) is 72.9 Å². The molecule has 2 nitrogen and oxygen atoms in total. The van der Waals surface area contributed by atoms with E-state index in [1.54, 1.807) is 0 Å². The number of nitrogens with zero attached hydrogens (tertiary/aromatic N) is 2. The second-order valence-electron chi connectivity index (χ2n) is 10.1. The van der Waals surface area contributed by atoms with Crippen LogP contribution in [0, 0.1) is 13.8 Å². The first-order valence-corrected chi connectivity index (χ1v) is 17.4. The summed E-state index contributed by atoms with van der Waals surface area (Å²) in [5.74, 6) is 0.773. The van der Waals surface area contributed by atoms with E-state index in [1.165, 1.54) is 55.1 Å². The molecule has 0 heterocycles. The van der Waals surface area contributed by atoms with Gasteiger partial charge in [0.15, 0.2) is 0 Å². The average molecular weight is 663 g/mol. The van der Waals surface area contributed by atoms with Gasteiger partial charge in [-0.25, -0.2) is 9.98 Å². The summed E-state index contributed by atoms with van der Waals surface area (Å²) in [6.07, 6.45) is 0. The first kappa shape index (κ1) is 28.0. The van der Waals surface area contributed by atoms with E-state index in [0.717, 1.165) is 22.8 Å².